The summed E-state index contributed by atoms with van der Waals surface area (Å²) in [6.07, 6.45) is 0.794. The number of methoxy groups -OCH3 is 1. The fraction of sp³-hybridized carbons (Fsp3) is 0.857. The summed E-state index contributed by atoms with van der Waals surface area (Å²) in [4.78, 5) is 10.9. The Bertz CT molecular complexity index is 136. The Kier molecular flexibility index (Phi) is 2.27. The lowest BCUT2D eigenvalue weighted by Crippen LogP contribution is -2.26. The van der Waals surface area contributed by atoms with Crippen LogP contribution < -0.4 is 5.32 Å². The van der Waals surface area contributed by atoms with Gasteiger partial charge in [0.2, 0.25) is 5.91 Å². The number of carbonyl (C=O) groups excluding carboxylic acids is 1. The highest BCUT2D eigenvalue weighted by Gasteiger charge is 2.32. The minimum Gasteiger partial charge on any atom is -0.371 e. The fourth-order valence-electron chi connectivity index (χ4n) is 1.31. The van der Waals surface area contributed by atoms with Gasteiger partial charge in [-0.15, -0.1) is 0 Å². The van der Waals surface area contributed by atoms with E-state index in [4.69, 9.17) is 4.74 Å². The van der Waals surface area contributed by atoms with Gasteiger partial charge in [0, 0.05) is 19.6 Å². The molecule has 1 heterocycles. The van der Waals surface area contributed by atoms with Gasteiger partial charge in [-0.05, 0) is 6.42 Å². The third-order valence-electron chi connectivity index (χ3n) is 2.00. The molecule has 0 bridgehead atoms. The quantitative estimate of drug-likeness (QED) is 0.598. The van der Waals surface area contributed by atoms with Crippen LogP contribution in [0.2, 0.25) is 0 Å². The van der Waals surface area contributed by atoms with E-state index in [1.165, 1.54) is 0 Å². The average Bonchev–Trinajstić information content (AvgIpc) is 2.30. The van der Waals surface area contributed by atoms with E-state index in [1.54, 1.807) is 7.11 Å². The van der Waals surface area contributed by atoms with Crippen LogP contribution in [0, 0.1) is 5.92 Å². The van der Waals surface area contributed by atoms with Gasteiger partial charge in [0.05, 0.1) is 0 Å². The lowest BCUT2D eigenvalue weighted by Gasteiger charge is -2.11. The Morgan fingerprint density at radius 1 is 1.80 bits per heavy atom. The van der Waals surface area contributed by atoms with E-state index in [0.717, 1.165) is 13.0 Å². The van der Waals surface area contributed by atoms with Crippen LogP contribution in [0.1, 0.15) is 13.3 Å². The van der Waals surface area contributed by atoms with Gasteiger partial charge in [0.1, 0.15) is 6.10 Å². The highest BCUT2D eigenvalue weighted by atomic mass is 16.5. The van der Waals surface area contributed by atoms with Gasteiger partial charge in [0.25, 0.3) is 0 Å². The molecule has 0 spiro atoms. The molecule has 2 atom stereocenters. The molecule has 0 aromatic heterocycles. The molecule has 3 heteroatoms. The lowest BCUT2D eigenvalue weighted by atomic mass is 10.0. The van der Waals surface area contributed by atoms with Gasteiger partial charge in [-0.25, -0.2) is 0 Å². The van der Waals surface area contributed by atoms with Crippen molar-refractivity contribution in [2.24, 2.45) is 5.92 Å². The van der Waals surface area contributed by atoms with Gasteiger partial charge in [-0.1, -0.05) is 6.92 Å². The molecule has 0 saturated carbocycles. The first-order chi connectivity index (χ1) is 4.79. The van der Waals surface area contributed by atoms with E-state index in [-0.39, 0.29) is 12.0 Å². The van der Waals surface area contributed by atoms with E-state index in [9.17, 15) is 4.79 Å². The smallest absolute Gasteiger partial charge is 0.249 e. The zero-order valence-corrected chi connectivity index (χ0v) is 6.39. The van der Waals surface area contributed by atoms with Gasteiger partial charge < -0.3 is 10.1 Å². The minimum atomic E-state index is -0.204. The van der Waals surface area contributed by atoms with Crippen LogP contribution in [0.25, 0.3) is 0 Å². The first-order valence-electron chi connectivity index (χ1n) is 3.60. The van der Waals surface area contributed by atoms with Gasteiger partial charge in [-0.2, -0.15) is 0 Å². The maximum atomic E-state index is 10.9. The summed E-state index contributed by atoms with van der Waals surface area (Å²) in [5, 5.41) is 2.76. The minimum absolute atomic E-state index is 0.0364. The van der Waals surface area contributed by atoms with E-state index in [1.807, 2.05) is 0 Å². The van der Waals surface area contributed by atoms with Crippen molar-refractivity contribution in [1.29, 1.82) is 0 Å². The summed E-state index contributed by atoms with van der Waals surface area (Å²) in [6.45, 7) is 2.84. The first-order valence-corrected chi connectivity index (χ1v) is 3.60. The summed E-state index contributed by atoms with van der Waals surface area (Å²) >= 11 is 0. The average molecular weight is 143 g/mol. The molecule has 0 unspecified atom stereocenters. The number of nitrogens with one attached hydrogen (secondary N) is 1. The van der Waals surface area contributed by atoms with Crippen molar-refractivity contribution in [2.45, 2.75) is 19.4 Å². The van der Waals surface area contributed by atoms with E-state index >= 15 is 0 Å². The van der Waals surface area contributed by atoms with Gasteiger partial charge >= 0.3 is 0 Å². The van der Waals surface area contributed by atoms with Crippen LogP contribution in [-0.4, -0.2) is 25.7 Å². The zero-order chi connectivity index (χ0) is 7.56. The van der Waals surface area contributed by atoms with Crippen molar-refractivity contribution in [3.05, 3.63) is 0 Å². The fourth-order valence-corrected chi connectivity index (χ4v) is 1.31. The standard InChI is InChI=1S/C7H13NO2/c1-3-5-4-8-7(9)6(5)10-2/h5-6H,3-4H2,1-2H3,(H,8,9)/t5-,6+/m0/s1. The zero-order valence-electron chi connectivity index (χ0n) is 6.39. The molecule has 0 aromatic carbocycles. The maximum absolute atomic E-state index is 10.9. The number of ether oxygens (including phenoxy) is 1. The van der Waals surface area contributed by atoms with Crippen molar-refractivity contribution in [3.8, 4) is 0 Å². The molecule has 0 aliphatic carbocycles. The van der Waals surface area contributed by atoms with Crippen molar-refractivity contribution in [1.82, 2.24) is 5.32 Å². The SMILES string of the molecule is CC[C@H]1CNC(=O)[C@@H]1OC. The largest absolute Gasteiger partial charge is 0.371 e. The van der Waals surface area contributed by atoms with Crippen molar-refractivity contribution < 1.29 is 9.53 Å². The molecule has 3 nitrogen and oxygen atoms in total. The number of rotatable bonds is 2. The molecular weight excluding hydrogens is 130 g/mol. The normalized spacial score (nSPS) is 32.4. The summed E-state index contributed by atoms with van der Waals surface area (Å²) in [5.41, 5.74) is 0. The molecule has 58 valence electrons. The predicted molar refractivity (Wildman–Crippen MR) is 37.6 cm³/mol. The second-order valence-electron chi connectivity index (χ2n) is 2.57. The van der Waals surface area contributed by atoms with E-state index in [0.29, 0.717) is 5.92 Å². The highest BCUT2D eigenvalue weighted by Crippen LogP contribution is 2.15. The molecule has 1 saturated heterocycles. The number of hydrogen-bond donors (Lipinski definition) is 1. The summed E-state index contributed by atoms with van der Waals surface area (Å²) in [6, 6.07) is 0. The highest BCUT2D eigenvalue weighted by molar-refractivity contribution is 5.83. The van der Waals surface area contributed by atoms with Crippen LogP contribution in [0.3, 0.4) is 0 Å². The second kappa shape index (κ2) is 3.01. The molecule has 1 N–H and O–H groups in total. The van der Waals surface area contributed by atoms with Crippen LogP contribution in [0.5, 0.6) is 0 Å². The van der Waals surface area contributed by atoms with Gasteiger partial charge in [0.15, 0.2) is 0 Å². The van der Waals surface area contributed by atoms with Crippen LogP contribution in [0.15, 0.2) is 0 Å². The van der Waals surface area contributed by atoms with Crippen LogP contribution >= 0.6 is 0 Å². The Hall–Kier alpha value is -0.570. The molecule has 1 aliphatic rings. The number of hydrogen-bond acceptors (Lipinski definition) is 2. The molecule has 1 rings (SSSR count). The molecule has 1 fully saturated rings. The van der Waals surface area contributed by atoms with Gasteiger partial charge in [-0.3, -0.25) is 4.79 Å². The summed E-state index contributed by atoms with van der Waals surface area (Å²) in [5.74, 6) is 0.409. The van der Waals surface area contributed by atoms with Crippen molar-refractivity contribution >= 4 is 5.91 Å². The Morgan fingerprint density at radius 3 is 2.90 bits per heavy atom. The van der Waals surface area contributed by atoms with E-state index in [2.05, 4.69) is 12.2 Å². The topological polar surface area (TPSA) is 38.3 Å². The Balaban J connectivity index is 2.54. The molecule has 10 heavy (non-hydrogen) atoms. The first kappa shape index (κ1) is 7.54. The molecule has 1 amide bonds. The third kappa shape index (κ3) is 1.14. The number of amides is 1. The summed E-state index contributed by atoms with van der Waals surface area (Å²) < 4.78 is 5.01. The molecule has 0 aromatic rings. The molecule has 1 aliphatic heterocycles. The molecule has 0 radical (unpaired) electrons. The van der Waals surface area contributed by atoms with Crippen molar-refractivity contribution in [2.75, 3.05) is 13.7 Å². The van der Waals surface area contributed by atoms with E-state index < -0.39 is 0 Å². The maximum Gasteiger partial charge on any atom is 0.249 e. The molecular formula is C7H13NO2. The Morgan fingerprint density at radius 2 is 2.50 bits per heavy atom. The summed E-state index contributed by atoms with van der Waals surface area (Å²) in [7, 11) is 1.58. The second-order valence-corrected chi connectivity index (χ2v) is 2.57. The third-order valence-corrected chi connectivity index (χ3v) is 2.00. The predicted octanol–water partition coefficient (Wildman–Crippen LogP) is 0.157. The monoisotopic (exact) mass is 143 g/mol. The Labute approximate surface area is 60.7 Å². The van der Waals surface area contributed by atoms with Crippen LogP contribution in [0.4, 0.5) is 0 Å². The number of carbonyl (C=O) groups is 1. The van der Waals surface area contributed by atoms with Crippen molar-refractivity contribution in [3.63, 3.8) is 0 Å². The van der Waals surface area contributed by atoms with Crippen LogP contribution in [-0.2, 0) is 9.53 Å². The lowest BCUT2D eigenvalue weighted by molar-refractivity contribution is -0.128.